The molecule has 1 aliphatic heterocycles. The SMILES string of the molecule is CC(NS(=O)(=O)c1ccc(Br)cc1Cl)C(=O)N1CCCC1. The van der Waals surface area contributed by atoms with Crippen molar-refractivity contribution in [2.45, 2.75) is 30.7 Å². The number of hydrogen-bond donors (Lipinski definition) is 1. The Bertz CT molecular complexity index is 645. The van der Waals surface area contributed by atoms with Crippen molar-refractivity contribution in [3.05, 3.63) is 27.7 Å². The maximum atomic E-state index is 12.3. The maximum absolute atomic E-state index is 12.3. The monoisotopic (exact) mass is 394 g/mol. The van der Waals surface area contributed by atoms with Gasteiger partial charge in [0.1, 0.15) is 4.90 Å². The van der Waals surface area contributed by atoms with Gasteiger partial charge in [0.25, 0.3) is 0 Å². The fraction of sp³-hybridized carbons (Fsp3) is 0.462. The van der Waals surface area contributed by atoms with E-state index >= 15 is 0 Å². The Morgan fingerprint density at radius 3 is 2.57 bits per heavy atom. The predicted octanol–water partition coefficient (Wildman–Crippen LogP) is 2.39. The molecule has 2 rings (SSSR count). The fourth-order valence-electron chi connectivity index (χ4n) is 2.25. The first-order valence-electron chi connectivity index (χ1n) is 6.57. The van der Waals surface area contributed by atoms with Gasteiger partial charge in [-0.2, -0.15) is 4.72 Å². The number of halogens is 2. The van der Waals surface area contributed by atoms with Crippen molar-refractivity contribution in [1.82, 2.24) is 9.62 Å². The molecule has 0 radical (unpaired) electrons. The maximum Gasteiger partial charge on any atom is 0.242 e. The third kappa shape index (κ3) is 3.97. The van der Waals surface area contributed by atoms with Crippen molar-refractivity contribution >= 4 is 43.5 Å². The summed E-state index contributed by atoms with van der Waals surface area (Å²) >= 11 is 9.18. The summed E-state index contributed by atoms with van der Waals surface area (Å²) in [6.45, 7) is 2.92. The van der Waals surface area contributed by atoms with E-state index in [1.807, 2.05) is 0 Å². The lowest BCUT2D eigenvalue weighted by Gasteiger charge is -2.21. The summed E-state index contributed by atoms with van der Waals surface area (Å²) in [6, 6.07) is 3.69. The van der Waals surface area contributed by atoms with Crippen molar-refractivity contribution in [3.63, 3.8) is 0 Å². The van der Waals surface area contributed by atoms with Crippen LogP contribution in [0.3, 0.4) is 0 Å². The number of sulfonamides is 1. The van der Waals surface area contributed by atoms with E-state index in [9.17, 15) is 13.2 Å². The molecule has 1 aliphatic rings. The molecule has 1 unspecified atom stereocenters. The number of amides is 1. The van der Waals surface area contributed by atoms with Crippen LogP contribution in [0.1, 0.15) is 19.8 Å². The second-order valence-corrected chi connectivity index (χ2v) is 7.96. The average Bonchev–Trinajstić information content (AvgIpc) is 2.90. The lowest BCUT2D eigenvalue weighted by molar-refractivity contribution is -0.131. The highest BCUT2D eigenvalue weighted by atomic mass is 79.9. The van der Waals surface area contributed by atoms with Gasteiger partial charge < -0.3 is 4.90 Å². The zero-order chi connectivity index (χ0) is 15.6. The summed E-state index contributed by atoms with van der Waals surface area (Å²) < 4.78 is 27.7. The van der Waals surface area contributed by atoms with Crippen molar-refractivity contribution in [2.75, 3.05) is 13.1 Å². The Morgan fingerprint density at radius 1 is 1.38 bits per heavy atom. The zero-order valence-corrected chi connectivity index (χ0v) is 14.6. The zero-order valence-electron chi connectivity index (χ0n) is 11.5. The molecule has 1 N–H and O–H groups in total. The Kier molecular flexibility index (Phi) is 5.29. The molecule has 21 heavy (non-hydrogen) atoms. The van der Waals surface area contributed by atoms with Gasteiger partial charge in [-0.05, 0) is 38.0 Å². The van der Waals surface area contributed by atoms with Crippen molar-refractivity contribution in [3.8, 4) is 0 Å². The minimum Gasteiger partial charge on any atom is -0.341 e. The minimum atomic E-state index is -3.83. The first-order chi connectivity index (χ1) is 9.81. The summed E-state index contributed by atoms with van der Waals surface area (Å²) in [5.41, 5.74) is 0. The molecule has 0 aromatic heterocycles. The van der Waals surface area contributed by atoms with E-state index < -0.39 is 16.1 Å². The van der Waals surface area contributed by atoms with Gasteiger partial charge in [0, 0.05) is 17.6 Å². The predicted molar refractivity (Wildman–Crippen MR) is 84.7 cm³/mol. The molecule has 1 saturated heterocycles. The number of benzene rings is 1. The Labute approximate surface area is 137 Å². The van der Waals surface area contributed by atoms with Crippen LogP contribution in [0, 0.1) is 0 Å². The van der Waals surface area contributed by atoms with Gasteiger partial charge in [0.05, 0.1) is 11.1 Å². The standard InChI is InChI=1S/C13H16BrClN2O3S/c1-9(13(18)17-6-2-3-7-17)16-21(19,20)12-5-4-10(14)8-11(12)15/h4-5,8-9,16H,2-3,6-7H2,1H3. The lowest BCUT2D eigenvalue weighted by Crippen LogP contribution is -2.45. The van der Waals surface area contributed by atoms with E-state index in [0.717, 1.165) is 12.8 Å². The third-order valence-corrected chi connectivity index (χ3v) is 5.82. The minimum absolute atomic E-state index is 0.0339. The van der Waals surface area contributed by atoms with Gasteiger partial charge in [-0.1, -0.05) is 27.5 Å². The molecule has 1 aromatic carbocycles. The Morgan fingerprint density at radius 2 is 2.00 bits per heavy atom. The van der Waals surface area contributed by atoms with Gasteiger partial charge >= 0.3 is 0 Å². The number of carbonyl (C=O) groups excluding carboxylic acids is 1. The van der Waals surface area contributed by atoms with E-state index in [2.05, 4.69) is 20.7 Å². The summed E-state index contributed by atoms with van der Waals surface area (Å²) in [7, 11) is -3.83. The van der Waals surface area contributed by atoms with Crippen LogP contribution in [0.5, 0.6) is 0 Å². The van der Waals surface area contributed by atoms with E-state index in [0.29, 0.717) is 17.6 Å². The number of hydrogen-bond acceptors (Lipinski definition) is 3. The molecular weight excluding hydrogens is 380 g/mol. The number of carbonyl (C=O) groups is 1. The molecule has 1 fully saturated rings. The topological polar surface area (TPSA) is 66.5 Å². The van der Waals surface area contributed by atoms with Gasteiger partial charge in [-0.25, -0.2) is 8.42 Å². The highest BCUT2D eigenvalue weighted by Gasteiger charge is 2.28. The van der Waals surface area contributed by atoms with Crippen molar-refractivity contribution in [1.29, 1.82) is 0 Å². The van der Waals surface area contributed by atoms with Gasteiger partial charge in [0.15, 0.2) is 0 Å². The van der Waals surface area contributed by atoms with Gasteiger partial charge in [-0.3, -0.25) is 4.79 Å². The number of nitrogens with one attached hydrogen (secondary N) is 1. The van der Waals surface area contributed by atoms with Crippen LogP contribution >= 0.6 is 27.5 Å². The normalized spacial score (nSPS) is 17.0. The molecule has 1 heterocycles. The van der Waals surface area contributed by atoms with E-state index in [1.54, 1.807) is 17.9 Å². The van der Waals surface area contributed by atoms with Crippen LogP contribution in [0.2, 0.25) is 5.02 Å². The smallest absolute Gasteiger partial charge is 0.242 e. The molecule has 0 spiro atoms. The van der Waals surface area contributed by atoms with E-state index in [1.165, 1.54) is 12.1 Å². The highest BCUT2D eigenvalue weighted by molar-refractivity contribution is 9.10. The van der Waals surface area contributed by atoms with Crippen LogP contribution in [0.15, 0.2) is 27.6 Å². The molecule has 0 bridgehead atoms. The summed E-state index contributed by atoms with van der Waals surface area (Å²) in [5.74, 6) is -0.204. The highest BCUT2D eigenvalue weighted by Crippen LogP contribution is 2.25. The lowest BCUT2D eigenvalue weighted by atomic mass is 10.3. The summed E-state index contributed by atoms with van der Waals surface area (Å²) in [5, 5.41) is 0.109. The molecular formula is C13H16BrClN2O3S. The van der Waals surface area contributed by atoms with Crippen LogP contribution in [0.25, 0.3) is 0 Å². The molecule has 8 heteroatoms. The first-order valence-corrected chi connectivity index (χ1v) is 9.23. The molecule has 1 atom stereocenters. The second-order valence-electron chi connectivity index (χ2n) is 4.95. The number of rotatable bonds is 4. The molecule has 116 valence electrons. The van der Waals surface area contributed by atoms with E-state index in [4.69, 9.17) is 11.6 Å². The first kappa shape index (κ1) is 16.7. The third-order valence-electron chi connectivity index (χ3n) is 3.30. The van der Waals surface area contributed by atoms with Crippen LogP contribution < -0.4 is 4.72 Å². The largest absolute Gasteiger partial charge is 0.341 e. The van der Waals surface area contributed by atoms with Crippen LogP contribution in [-0.2, 0) is 14.8 Å². The van der Waals surface area contributed by atoms with Crippen LogP contribution in [-0.4, -0.2) is 38.4 Å². The average molecular weight is 396 g/mol. The Hall–Kier alpha value is -0.630. The number of likely N-dealkylation sites (tertiary alicyclic amines) is 1. The molecule has 1 amide bonds. The van der Waals surface area contributed by atoms with Gasteiger partial charge in [0.2, 0.25) is 15.9 Å². The summed E-state index contributed by atoms with van der Waals surface area (Å²) in [4.78, 5) is 13.8. The molecule has 1 aromatic rings. The number of nitrogens with zero attached hydrogens (tertiary/aromatic N) is 1. The quantitative estimate of drug-likeness (QED) is 0.851. The fourth-order valence-corrected chi connectivity index (χ4v) is 4.49. The van der Waals surface area contributed by atoms with Crippen LogP contribution in [0.4, 0.5) is 0 Å². The molecule has 0 saturated carbocycles. The van der Waals surface area contributed by atoms with Crippen molar-refractivity contribution < 1.29 is 13.2 Å². The van der Waals surface area contributed by atoms with Gasteiger partial charge in [-0.15, -0.1) is 0 Å². The van der Waals surface area contributed by atoms with Crippen molar-refractivity contribution in [2.24, 2.45) is 0 Å². The second kappa shape index (κ2) is 6.64. The Balaban J connectivity index is 2.14. The molecule has 5 nitrogen and oxygen atoms in total. The van der Waals surface area contributed by atoms with E-state index in [-0.39, 0.29) is 15.8 Å². The molecule has 0 aliphatic carbocycles. The summed E-state index contributed by atoms with van der Waals surface area (Å²) in [6.07, 6.45) is 1.92.